The highest BCUT2D eigenvalue weighted by molar-refractivity contribution is 6.30. The molecule has 3 aromatic rings. The lowest BCUT2D eigenvalue weighted by Crippen LogP contribution is -2.32. The highest BCUT2D eigenvalue weighted by Crippen LogP contribution is 2.18. The second-order valence-electron chi connectivity index (χ2n) is 5.82. The zero-order valence-electron chi connectivity index (χ0n) is 14.6. The van der Waals surface area contributed by atoms with E-state index < -0.39 is 18.0 Å². The van der Waals surface area contributed by atoms with Crippen LogP contribution < -0.4 is 5.32 Å². The molecule has 1 heterocycles. The largest absolute Gasteiger partial charge is 0.449 e. The molecule has 2 N–H and O–H groups in total. The number of halogens is 1. The van der Waals surface area contributed by atoms with Crippen LogP contribution in [-0.2, 0) is 9.53 Å². The smallest absolute Gasteiger partial charge is 0.338 e. The fraction of sp³-hybridized carbons (Fsp3) is 0.150. The number of carbonyl (C=O) groups excluding carboxylic acids is 2. The van der Waals surface area contributed by atoms with Crippen molar-refractivity contribution in [2.24, 2.45) is 0 Å². The number of hydrogen-bond donors (Lipinski definition) is 2. The maximum atomic E-state index is 12.4. The Kier molecular flexibility index (Phi) is 5.88. The Morgan fingerprint density at radius 3 is 2.63 bits per heavy atom. The van der Waals surface area contributed by atoms with Gasteiger partial charge in [-0.1, -0.05) is 36.7 Å². The minimum Gasteiger partial charge on any atom is -0.449 e. The number of hydrogen-bond acceptors (Lipinski definition) is 4. The summed E-state index contributed by atoms with van der Waals surface area (Å²) in [4.78, 5) is 31.9. The molecule has 0 aliphatic rings. The van der Waals surface area contributed by atoms with Crippen LogP contribution in [-0.4, -0.2) is 27.9 Å². The summed E-state index contributed by atoms with van der Waals surface area (Å²) in [5.41, 5.74) is 1.76. The standard InChI is InChI=1S/C20H18ClN3O3/c1-2-17(19(25)24-16-5-3-4-15(21)12-16)27-20(26)14-8-6-13(7-9-14)18-22-10-11-23-18/h3-12,17H,2H2,1H3,(H,22,23)(H,24,25). The second-order valence-corrected chi connectivity index (χ2v) is 6.25. The van der Waals surface area contributed by atoms with Gasteiger partial charge in [0, 0.05) is 28.7 Å². The van der Waals surface area contributed by atoms with E-state index in [-0.39, 0.29) is 0 Å². The molecule has 0 saturated carbocycles. The normalized spacial score (nSPS) is 11.6. The van der Waals surface area contributed by atoms with Gasteiger partial charge in [0.25, 0.3) is 5.91 Å². The lowest BCUT2D eigenvalue weighted by molar-refractivity contribution is -0.124. The minimum atomic E-state index is -0.902. The third-order valence-electron chi connectivity index (χ3n) is 3.90. The van der Waals surface area contributed by atoms with Gasteiger partial charge in [0.05, 0.1) is 5.56 Å². The van der Waals surface area contributed by atoms with Crippen LogP contribution in [0.25, 0.3) is 11.4 Å². The number of aromatic amines is 1. The van der Waals surface area contributed by atoms with Gasteiger partial charge in [0.1, 0.15) is 5.82 Å². The summed E-state index contributed by atoms with van der Waals surface area (Å²) in [5, 5.41) is 3.21. The van der Waals surface area contributed by atoms with Crippen molar-refractivity contribution in [3.05, 3.63) is 71.5 Å². The van der Waals surface area contributed by atoms with E-state index in [1.807, 2.05) is 0 Å². The van der Waals surface area contributed by atoms with Crippen LogP contribution in [0, 0.1) is 0 Å². The molecule has 0 radical (unpaired) electrons. The van der Waals surface area contributed by atoms with Crippen LogP contribution in [0.5, 0.6) is 0 Å². The molecule has 3 rings (SSSR count). The Balaban J connectivity index is 1.65. The number of rotatable bonds is 6. The van der Waals surface area contributed by atoms with Gasteiger partial charge < -0.3 is 15.0 Å². The SMILES string of the molecule is CCC(OC(=O)c1ccc(-c2ncc[nH]2)cc1)C(=O)Nc1cccc(Cl)c1. The molecule has 6 nitrogen and oxygen atoms in total. The molecule has 7 heteroatoms. The topological polar surface area (TPSA) is 84.1 Å². The Bertz CT molecular complexity index is 924. The van der Waals surface area contributed by atoms with Gasteiger partial charge in [-0.05, 0) is 36.8 Å². The molecule has 0 saturated heterocycles. The predicted molar refractivity (Wildman–Crippen MR) is 104 cm³/mol. The average Bonchev–Trinajstić information content (AvgIpc) is 3.20. The second kappa shape index (κ2) is 8.51. The molecular weight excluding hydrogens is 366 g/mol. The molecule has 1 atom stereocenters. The van der Waals surface area contributed by atoms with Gasteiger partial charge in [0.15, 0.2) is 6.10 Å². The molecule has 1 unspecified atom stereocenters. The van der Waals surface area contributed by atoms with Crippen molar-refractivity contribution in [1.29, 1.82) is 0 Å². The molecule has 0 bridgehead atoms. The van der Waals surface area contributed by atoms with Gasteiger partial charge in [-0.15, -0.1) is 0 Å². The lowest BCUT2D eigenvalue weighted by Gasteiger charge is -2.16. The number of amides is 1. The molecule has 0 fully saturated rings. The first-order valence-electron chi connectivity index (χ1n) is 8.44. The fourth-order valence-corrected chi connectivity index (χ4v) is 2.69. The van der Waals surface area contributed by atoms with Crippen LogP contribution in [0.15, 0.2) is 60.9 Å². The molecule has 1 aromatic heterocycles. The monoisotopic (exact) mass is 383 g/mol. The molecule has 1 amide bonds. The van der Waals surface area contributed by atoms with E-state index in [4.69, 9.17) is 16.3 Å². The molecule has 0 aliphatic heterocycles. The van der Waals surface area contributed by atoms with E-state index in [2.05, 4.69) is 15.3 Å². The van der Waals surface area contributed by atoms with Crippen LogP contribution in [0.3, 0.4) is 0 Å². The number of H-pyrrole nitrogens is 1. The minimum absolute atomic E-state index is 0.350. The van der Waals surface area contributed by atoms with Crippen molar-refractivity contribution in [3.63, 3.8) is 0 Å². The summed E-state index contributed by atoms with van der Waals surface area (Å²) < 4.78 is 5.37. The van der Waals surface area contributed by atoms with Crippen LogP contribution in [0.1, 0.15) is 23.7 Å². The number of esters is 1. The van der Waals surface area contributed by atoms with Crippen molar-refractivity contribution in [3.8, 4) is 11.4 Å². The number of ether oxygens (including phenoxy) is 1. The predicted octanol–water partition coefficient (Wildman–Crippen LogP) is 4.30. The highest BCUT2D eigenvalue weighted by Gasteiger charge is 2.22. The summed E-state index contributed by atoms with van der Waals surface area (Å²) in [7, 11) is 0. The number of nitrogens with zero attached hydrogens (tertiary/aromatic N) is 1. The summed E-state index contributed by atoms with van der Waals surface area (Å²) in [6.45, 7) is 1.77. The van der Waals surface area contributed by atoms with Crippen molar-refractivity contribution in [2.45, 2.75) is 19.4 Å². The van der Waals surface area contributed by atoms with Crippen molar-refractivity contribution >= 4 is 29.2 Å². The Labute approximate surface area is 161 Å². The third kappa shape index (κ3) is 4.74. The zero-order valence-corrected chi connectivity index (χ0v) is 15.4. The molecule has 0 aliphatic carbocycles. The summed E-state index contributed by atoms with van der Waals surface area (Å²) in [6, 6.07) is 13.6. The zero-order chi connectivity index (χ0) is 19.2. The molecule has 27 heavy (non-hydrogen) atoms. The summed E-state index contributed by atoms with van der Waals surface area (Å²) >= 11 is 5.91. The van der Waals surface area contributed by atoms with Crippen LogP contribution >= 0.6 is 11.6 Å². The first kappa shape index (κ1) is 18.7. The fourth-order valence-electron chi connectivity index (χ4n) is 2.50. The molecular formula is C20H18ClN3O3. The number of nitrogens with one attached hydrogen (secondary N) is 2. The van der Waals surface area contributed by atoms with E-state index in [0.717, 1.165) is 5.56 Å². The van der Waals surface area contributed by atoms with E-state index in [1.165, 1.54) is 0 Å². The van der Waals surface area contributed by atoms with Gasteiger partial charge in [-0.25, -0.2) is 9.78 Å². The maximum absolute atomic E-state index is 12.4. The molecule has 2 aromatic carbocycles. The summed E-state index contributed by atoms with van der Waals surface area (Å²) in [5.74, 6) is -0.253. The van der Waals surface area contributed by atoms with Gasteiger partial charge >= 0.3 is 5.97 Å². The number of anilines is 1. The third-order valence-corrected chi connectivity index (χ3v) is 4.13. The number of benzene rings is 2. The van der Waals surface area contributed by atoms with E-state index in [0.29, 0.717) is 28.5 Å². The quantitative estimate of drug-likeness (QED) is 0.621. The van der Waals surface area contributed by atoms with E-state index >= 15 is 0 Å². The summed E-state index contributed by atoms with van der Waals surface area (Å²) in [6.07, 6.45) is 2.83. The first-order chi connectivity index (χ1) is 13.1. The Morgan fingerprint density at radius 1 is 1.22 bits per heavy atom. The first-order valence-corrected chi connectivity index (χ1v) is 8.82. The molecule has 0 spiro atoms. The number of imidazole rings is 1. The lowest BCUT2D eigenvalue weighted by atomic mass is 10.1. The highest BCUT2D eigenvalue weighted by atomic mass is 35.5. The molecule has 138 valence electrons. The Hall–Kier alpha value is -3.12. The van der Waals surface area contributed by atoms with Crippen LogP contribution in [0.2, 0.25) is 5.02 Å². The van der Waals surface area contributed by atoms with Gasteiger partial charge in [-0.2, -0.15) is 0 Å². The van der Waals surface area contributed by atoms with Gasteiger partial charge in [-0.3, -0.25) is 4.79 Å². The van der Waals surface area contributed by atoms with Crippen molar-refractivity contribution in [2.75, 3.05) is 5.32 Å². The number of carbonyl (C=O) groups is 2. The van der Waals surface area contributed by atoms with Crippen molar-refractivity contribution in [1.82, 2.24) is 9.97 Å². The van der Waals surface area contributed by atoms with E-state index in [9.17, 15) is 9.59 Å². The van der Waals surface area contributed by atoms with Crippen molar-refractivity contribution < 1.29 is 14.3 Å². The average molecular weight is 384 g/mol. The van der Waals surface area contributed by atoms with E-state index in [1.54, 1.807) is 67.8 Å². The van der Waals surface area contributed by atoms with Crippen LogP contribution in [0.4, 0.5) is 5.69 Å². The number of aromatic nitrogens is 2. The maximum Gasteiger partial charge on any atom is 0.338 e. The van der Waals surface area contributed by atoms with Gasteiger partial charge in [0.2, 0.25) is 0 Å². The Morgan fingerprint density at radius 2 is 2.00 bits per heavy atom.